The second-order valence-electron chi connectivity index (χ2n) is 4.70. The molecular weight excluding hydrogens is 268 g/mol. The number of rotatable bonds is 8. The Hall–Kier alpha value is -0.890. The third-order valence-corrected chi connectivity index (χ3v) is 4.79. The fraction of sp³-hybridized carbons (Fsp3) is 0.667. The molecule has 1 aromatic rings. The summed E-state index contributed by atoms with van der Waals surface area (Å²) in [4.78, 5) is 0. The van der Waals surface area contributed by atoms with E-state index in [9.17, 15) is 8.42 Å². The smallest absolute Gasteiger partial charge is 0.276 e. The molecule has 1 aromatic heterocycles. The molecule has 0 aliphatic heterocycles. The second-order valence-corrected chi connectivity index (χ2v) is 6.67. The minimum atomic E-state index is -3.55. The summed E-state index contributed by atoms with van der Waals surface area (Å²) in [6.45, 7) is 1.23. The van der Waals surface area contributed by atoms with E-state index in [1.807, 2.05) is 0 Å². The minimum Gasteiger partial charge on any atom is -0.447 e. The highest BCUT2D eigenvalue weighted by atomic mass is 32.2. The van der Waals surface area contributed by atoms with Crippen molar-refractivity contribution < 1.29 is 17.6 Å². The molecule has 1 N–H and O–H groups in total. The molecule has 0 unspecified atom stereocenters. The molecule has 7 heteroatoms. The van der Waals surface area contributed by atoms with Gasteiger partial charge in [0.1, 0.15) is 5.76 Å². The SMILES string of the molecule is COCCN(C)S(=O)(=O)c1ccc(CNC2CC2)o1. The third kappa shape index (κ3) is 3.79. The number of hydrogen-bond donors (Lipinski definition) is 1. The fourth-order valence-electron chi connectivity index (χ4n) is 1.62. The summed E-state index contributed by atoms with van der Waals surface area (Å²) in [5.41, 5.74) is 0. The first-order valence-corrected chi connectivity index (χ1v) is 7.75. The van der Waals surface area contributed by atoms with E-state index in [4.69, 9.17) is 9.15 Å². The van der Waals surface area contributed by atoms with Crippen LogP contribution >= 0.6 is 0 Å². The van der Waals surface area contributed by atoms with Crippen LogP contribution in [-0.2, 0) is 21.3 Å². The zero-order chi connectivity index (χ0) is 13.9. The maximum Gasteiger partial charge on any atom is 0.276 e. The predicted octanol–water partition coefficient (Wildman–Crippen LogP) is 0.798. The van der Waals surface area contributed by atoms with Crippen molar-refractivity contribution in [3.8, 4) is 0 Å². The van der Waals surface area contributed by atoms with E-state index < -0.39 is 10.0 Å². The molecule has 0 spiro atoms. The number of nitrogens with one attached hydrogen (secondary N) is 1. The Kier molecular flexibility index (Phi) is 4.62. The van der Waals surface area contributed by atoms with Gasteiger partial charge in [-0.05, 0) is 25.0 Å². The Morgan fingerprint density at radius 1 is 1.47 bits per heavy atom. The van der Waals surface area contributed by atoms with Crippen molar-refractivity contribution in [1.82, 2.24) is 9.62 Å². The van der Waals surface area contributed by atoms with Crippen molar-refractivity contribution in [2.45, 2.75) is 30.5 Å². The maximum absolute atomic E-state index is 12.2. The normalized spacial score (nSPS) is 16.2. The van der Waals surface area contributed by atoms with Gasteiger partial charge in [-0.3, -0.25) is 0 Å². The van der Waals surface area contributed by atoms with Crippen LogP contribution in [0.2, 0.25) is 0 Å². The number of ether oxygens (including phenoxy) is 1. The lowest BCUT2D eigenvalue weighted by atomic mass is 10.4. The number of likely N-dealkylation sites (N-methyl/N-ethyl adjacent to an activating group) is 1. The quantitative estimate of drug-likeness (QED) is 0.766. The van der Waals surface area contributed by atoms with Gasteiger partial charge in [0.25, 0.3) is 10.0 Å². The number of sulfonamides is 1. The standard InChI is InChI=1S/C12H20N2O4S/c1-14(7-8-17-2)19(15,16)12-6-5-11(18-12)9-13-10-3-4-10/h5-6,10,13H,3-4,7-9H2,1-2H3. The molecular formula is C12H20N2O4S. The largest absolute Gasteiger partial charge is 0.447 e. The molecule has 6 nitrogen and oxygen atoms in total. The van der Waals surface area contributed by atoms with Gasteiger partial charge in [-0.2, -0.15) is 4.31 Å². The molecule has 19 heavy (non-hydrogen) atoms. The van der Waals surface area contributed by atoms with Gasteiger partial charge in [0.05, 0.1) is 13.2 Å². The van der Waals surface area contributed by atoms with Crippen molar-refractivity contribution in [3.63, 3.8) is 0 Å². The van der Waals surface area contributed by atoms with E-state index in [1.165, 1.54) is 37.4 Å². The molecule has 0 bridgehead atoms. The zero-order valence-electron chi connectivity index (χ0n) is 11.3. The van der Waals surface area contributed by atoms with Gasteiger partial charge in [-0.1, -0.05) is 0 Å². The second kappa shape index (κ2) is 6.04. The lowest BCUT2D eigenvalue weighted by molar-refractivity contribution is 0.184. The van der Waals surface area contributed by atoms with Crippen LogP contribution in [-0.4, -0.2) is 46.1 Å². The molecule has 108 valence electrons. The predicted molar refractivity (Wildman–Crippen MR) is 70.3 cm³/mol. The minimum absolute atomic E-state index is 0.0151. The molecule has 1 saturated carbocycles. The maximum atomic E-state index is 12.2. The summed E-state index contributed by atoms with van der Waals surface area (Å²) in [5, 5.41) is 3.26. The molecule has 1 fully saturated rings. The molecule has 1 aliphatic carbocycles. The molecule has 1 aliphatic rings. The molecule has 1 heterocycles. The number of furan rings is 1. The summed E-state index contributed by atoms with van der Waals surface area (Å²) >= 11 is 0. The van der Waals surface area contributed by atoms with E-state index in [2.05, 4.69) is 5.32 Å². The first-order valence-electron chi connectivity index (χ1n) is 6.31. The van der Waals surface area contributed by atoms with Crippen LogP contribution in [0, 0.1) is 0 Å². The van der Waals surface area contributed by atoms with Crippen molar-refractivity contribution in [2.75, 3.05) is 27.3 Å². The van der Waals surface area contributed by atoms with Crippen LogP contribution < -0.4 is 5.32 Å². The van der Waals surface area contributed by atoms with Crippen LogP contribution in [0.15, 0.2) is 21.6 Å². The highest BCUT2D eigenvalue weighted by Gasteiger charge is 2.25. The third-order valence-electron chi connectivity index (χ3n) is 3.05. The van der Waals surface area contributed by atoms with Crippen LogP contribution in [0.4, 0.5) is 0 Å². The van der Waals surface area contributed by atoms with Gasteiger partial charge in [0.15, 0.2) is 0 Å². The van der Waals surface area contributed by atoms with Crippen LogP contribution in [0.5, 0.6) is 0 Å². The highest BCUT2D eigenvalue weighted by molar-refractivity contribution is 7.89. The van der Waals surface area contributed by atoms with Gasteiger partial charge >= 0.3 is 0 Å². The van der Waals surface area contributed by atoms with Crippen molar-refractivity contribution >= 4 is 10.0 Å². The van der Waals surface area contributed by atoms with Gasteiger partial charge in [0, 0.05) is 26.7 Å². The van der Waals surface area contributed by atoms with Gasteiger partial charge in [0.2, 0.25) is 5.09 Å². The van der Waals surface area contributed by atoms with Crippen molar-refractivity contribution in [3.05, 3.63) is 17.9 Å². The van der Waals surface area contributed by atoms with Gasteiger partial charge < -0.3 is 14.5 Å². The highest BCUT2D eigenvalue weighted by Crippen LogP contribution is 2.21. The van der Waals surface area contributed by atoms with E-state index >= 15 is 0 Å². The van der Waals surface area contributed by atoms with Crippen molar-refractivity contribution in [1.29, 1.82) is 0 Å². The number of nitrogens with zero attached hydrogens (tertiary/aromatic N) is 1. The summed E-state index contributed by atoms with van der Waals surface area (Å²) in [6.07, 6.45) is 2.37. The molecule has 0 radical (unpaired) electrons. The molecule has 0 amide bonds. The summed E-state index contributed by atoms with van der Waals surface area (Å²) in [6, 6.07) is 3.77. The Labute approximate surface area is 113 Å². The monoisotopic (exact) mass is 288 g/mol. The summed E-state index contributed by atoms with van der Waals surface area (Å²) < 4.78 is 35.8. The van der Waals surface area contributed by atoms with Crippen molar-refractivity contribution in [2.24, 2.45) is 0 Å². The molecule has 0 atom stereocenters. The summed E-state index contributed by atoms with van der Waals surface area (Å²) in [7, 11) is -0.505. The average Bonchev–Trinajstić information content (AvgIpc) is 3.09. The lowest BCUT2D eigenvalue weighted by Gasteiger charge is -2.14. The lowest BCUT2D eigenvalue weighted by Crippen LogP contribution is -2.29. The Morgan fingerprint density at radius 3 is 2.84 bits per heavy atom. The molecule has 0 saturated heterocycles. The summed E-state index contributed by atoms with van der Waals surface area (Å²) in [5.74, 6) is 0.644. The first kappa shape index (κ1) is 14.5. The Bertz CT molecular complexity index is 508. The fourth-order valence-corrected chi connectivity index (χ4v) is 2.69. The van der Waals surface area contributed by atoms with E-state index in [0.29, 0.717) is 31.5 Å². The zero-order valence-corrected chi connectivity index (χ0v) is 12.1. The Balaban J connectivity index is 1.98. The Morgan fingerprint density at radius 2 is 2.21 bits per heavy atom. The van der Waals surface area contributed by atoms with E-state index in [0.717, 1.165) is 0 Å². The van der Waals surface area contributed by atoms with Crippen LogP contribution in [0.1, 0.15) is 18.6 Å². The molecule has 0 aromatic carbocycles. The topological polar surface area (TPSA) is 71.8 Å². The van der Waals surface area contributed by atoms with Crippen LogP contribution in [0.25, 0.3) is 0 Å². The first-order chi connectivity index (χ1) is 9.04. The number of methoxy groups -OCH3 is 1. The van der Waals surface area contributed by atoms with E-state index in [1.54, 1.807) is 6.07 Å². The van der Waals surface area contributed by atoms with Gasteiger partial charge in [-0.25, -0.2) is 8.42 Å². The molecule has 2 rings (SSSR count). The average molecular weight is 288 g/mol. The van der Waals surface area contributed by atoms with Crippen LogP contribution in [0.3, 0.4) is 0 Å². The van der Waals surface area contributed by atoms with E-state index in [-0.39, 0.29) is 5.09 Å². The number of hydrogen-bond acceptors (Lipinski definition) is 5. The van der Waals surface area contributed by atoms with Gasteiger partial charge in [-0.15, -0.1) is 0 Å².